The summed E-state index contributed by atoms with van der Waals surface area (Å²) in [7, 11) is 0. The van der Waals surface area contributed by atoms with Gasteiger partial charge in [0.2, 0.25) is 0 Å². The summed E-state index contributed by atoms with van der Waals surface area (Å²) in [5, 5.41) is 3.49. The van der Waals surface area contributed by atoms with Gasteiger partial charge >= 0.3 is 0 Å². The third-order valence-electron chi connectivity index (χ3n) is 4.07. The molecule has 2 aromatic rings. The van der Waals surface area contributed by atoms with E-state index >= 15 is 0 Å². The SMILES string of the molecule is Cc1cccc(C)c1OCC(C)NC(=O)c1cnc2n(c1=O)CCS2. The first-order valence-corrected chi connectivity index (χ1v) is 9.18. The first-order valence-electron chi connectivity index (χ1n) is 8.20. The number of hydrogen-bond acceptors (Lipinski definition) is 5. The summed E-state index contributed by atoms with van der Waals surface area (Å²) < 4.78 is 7.41. The van der Waals surface area contributed by atoms with Crippen molar-refractivity contribution in [2.75, 3.05) is 12.4 Å². The van der Waals surface area contributed by atoms with Crippen LogP contribution in [0.2, 0.25) is 0 Å². The fourth-order valence-electron chi connectivity index (χ4n) is 2.75. The molecule has 1 amide bonds. The molecule has 1 N–H and O–H groups in total. The second kappa shape index (κ2) is 7.31. The highest BCUT2D eigenvalue weighted by molar-refractivity contribution is 7.99. The smallest absolute Gasteiger partial charge is 0.267 e. The van der Waals surface area contributed by atoms with E-state index in [1.807, 2.05) is 39.0 Å². The summed E-state index contributed by atoms with van der Waals surface area (Å²) in [4.78, 5) is 29.0. The summed E-state index contributed by atoms with van der Waals surface area (Å²) in [6.45, 7) is 6.74. The van der Waals surface area contributed by atoms with Crippen molar-refractivity contribution in [1.29, 1.82) is 0 Å². The van der Waals surface area contributed by atoms with E-state index in [9.17, 15) is 9.59 Å². The molecule has 0 saturated carbocycles. The zero-order chi connectivity index (χ0) is 18.0. The van der Waals surface area contributed by atoms with Crippen molar-refractivity contribution in [3.05, 3.63) is 51.4 Å². The molecule has 1 aliphatic rings. The van der Waals surface area contributed by atoms with Crippen LogP contribution in [0.1, 0.15) is 28.4 Å². The highest BCUT2D eigenvalue weighted by Crippen LogP contribution is 2.22. The monoisotopic (exact) mass is 359 g/mol. The third kappa shape index (κ3) is 3.71. The van der Waals surface area contributed by atoms with Gasteiger partial charge in [-0.05, 0) is 31.9 Å². The van der Waals surface area contributed by atoms with Crippen molar-refractivity contribution in [2.24, 2.45) is 0 Å². The van der Waals surface area contributed by atoms with E-state index in [0.29, 0.717) is 18.3 Å². The molecule has 0 saturated heterocycles. The van der Waals surface area contributed by atoms with Gasteiger partial charge in [0.15, 0.2) is 5.16 Å². The summed E-state index contributed by atoms with van der Waals surface area (Å²) in [5.74, 6) is 1.23. The Bertz CT molecular complexity index is 843. The number of rotatable bonds is 5. The molecule has 2 heterocycles. The minimum Gasteiger partial charge on any atom is -0.491 e. The van der Waals surface area contributed by atoms with E-state index in [4.69, 9.17) is 4.74 Å². The average Bonchev–Trinajstić information content (AvgIpc) is 3.04. The molecule has 0 radical (unpaired) electrons. The zero-order valence-corrected chi connectivity index (χ0v) is 15.4. The van der Waals surface area contributed by atoms with Gasteiger partial charge in [0, 0.05) is 18.5 Å². The number of aryl methyl sites for hydroxylation is 2. The number of benzene rings is 1. The molecule has 7 heteroatoms. The van der Waals surface area contributed by atoms with Crippen LogP contribution in [-0.4, -0.2) is 33.9 Å². The van der Waals surface area contributed by atoms with Gasteiger partial charge in [-0.3, -0.25) is 14.2 Å². The van der Waals surface area contributed by atoms with Crippen molar-refractivity contribution in [2.45, 2.75) is 38.5 Å². The molecular weight excluding hydrogens is 338 g/mol. The summed E-state index contributed by atoms with van der Waals surface area (Å²) in [5.41, 5.74) is 1.90. The number of carbonyl (C=O) groups excluding carboxylic acids is 1. The maximum Gasteiger partial charge on any atom is 0.267 e. The van der Waals surface area contributed by atoms with Gasteiger partial charge in [-0.1, -0.05) is 30.0 Å². The van der Waals surface area contributed by atoms with Crippen molar-refractivity contribution in [1.82, 2.24) is 14.9 Å². The molecule has 25 heavy (non-hydrogen) atoms. The van der Waals surface area contributed by atoms with Crippen LogP contribution in [0, 0.1) is 13.8 Å². The molecule has 0 fully saturated rings. The maximum atomic E-state index is 12.4. The third-order valence-corrected chi connectivity index (χ3v) is 5.04. The van der Waals surface area contributed by atoms with E-state index < -0.39 is 5.91 Å². The van der Waals surface area contributed by atoms with Crippen LogP contribution in [0.4, 0.5) is 0 Å². The van der Waals surface area contributed by atoms with Crippen molar-refractivity contribution in [3.8, 4) is 5.75 Å². The minimum atomic E-state index is -0.415. The van der Waals surface area contributed by atoms with Crippen LogP contribution in [0.15, 0.2) is 34.3 Å². The summed E-state index contributed by atoms with van der Waals surface area (Å²) in [6.07, 6.45) is 1.36. The second-order valence-corrected chi connectivity index (χ2v) is 7.23. The number of amides is 1. The van der Waals surface area contributed by atoms with E-state index in [1.165, 1.54) is 18.0 Å². The topological polar surface area (TPSA) is 73.2 Å². The lowest BCUT2D eigenvalue weighted by atomic mass is 10.1. The number of hydrogen-bond donors (Lipinski definition) is 1. The van der Waals surface area contributed by atoms with Crippen LogP contribution in [0.5, 0.6) is 5.75 Å². The van der Waals surface area contributed by atoms with Crippen LogP contribution in [0.3, 0.4) is 0 Å². The maximum absolute atomic E-state index is 12.4. The molecular formula is C18H21N3O3S. The van der Waals surface area contributed by atoms with Gasteiger partial charge in [0.25, 0.3) is 11.5 Å². The van der Waals surface area contributed by atoms with Gasteiger partial charge in [-0.15, -0.1) is 0 Å². The number of carbonyl (C=O) groups is 1. The highest BCUT2D eigenvalue weighted by Gasteiger charge is 2.21. The zero-order valence-electron chi connectivity index (χ0n) is 14.5. The van der Waals surface area contributed by atoms with Gasteiger partial charge in [-0.2, -0.15) is 0 Å². The van der Waals surface area contributed by atoms with Crippen LogP contribution in [-0.2, 0) is 6.54 Å². The summed E-state index contributed by atoms with van der Waals surface area (Å²) in [6, 6.07) is 5.72. The molecule has 1 aromatic carbocycles. The van der Waals surface area contributed by atoms with Gasteiger partial charge < -0.3 is 10.1 Å². The Morgan fingerprint density at radius 1 is 1.40 bits per heavy atom. The van der Waals surface area contributed by atoms with Gasteiger partial charge in [-0.25, -0.2) is 4.98 Å². The number of nitrogens with zero attached hydrogens (tertiary/aromatic N) is 2. The molecule has 1 aromatic heterocycles. The van der Waals surface area contributed by atoms with Gasteiger partial charge in [0.1, 0.15) is 17.9 Å². The van der Waals surface area contributed by atoms with E-state index in [0.717, 1.165) is 22.6 Å². The van der Waals surface area contributed by atoms with E-state index in [1.54, 1.807) is 4.57 Å². The van der Waals surface area contributed by atoms with Gasteiger partial charge in [0.05, 0.1) is 6.04 Å². The minimum absolute atomic E-state index is 0.0742. The number of thioether (sulfide) groups is 1. The molecule has 1 unspecified atom stereocenters. The standard InChI is InChI=1S/C18H21N3O3S/c1-11-5-4-6-12(2)15(11)24-10-13(3)20-16(22)14-9-19-18-21(17(14)23)7-8-25-18/h4-6,9,13H,7-8,10H2,1-3H3,(H,20,22). The fourth-order valence-corrected chi connectivity index (χ4v) is 3.67. The molecule has 6 nitrogen and oxygen atoms in total. The Morgan fingerprint density at radius 2 is 2.12 bits per heavy atom. The lowest BCUT2D eigenvalue weighted by molar-refractivity contribution is 0.0923. The number of para-hydroxylation sites is 1. The number of fused-ring (bicyclic) bond motifs is 1. The number of ether oxygens (including phenoxy) is 1. The molecule has 1 atom stereocenters. The predicted octanol–water partition coefficient (Wildman–Crippen LogP) is 2.16. The van der Waals surface area contributed by atoms with Crippen molar-refractivity contribution < 1.29 is 9.53 Å². The summed E-state index contributed by atoms with van der Waals surface area (Å²) >= 11 is 1.52. The van der Waals surface area contributed by atoms with E-state index in [2.05, 4.69) is 10.3 Å². The average molecular weight is 359 g/mol. The number of aromatic nitrogens is 2. The van der Waals surface area contributed by atoms with Crippen LogP contribution >= 0.6 is 11.8 Å². The molecule has 0 spiro atoms. The Balaban J connectivity index is 1.64. The molecule has 0 aliphatic carbocycles. The Labute approximate surface area is 150 Å². The van der Waals surface area contributed by atoms with Crippen molar-refractivity contribution in [3.63, 3.8) is 0 Å². The Kier molecular flexibility index (Phi) is 5.13. The van der Waals surface area contributed by atoms with Crippen LogP contribution in [0.25, 0.3) is 0 Å². The molecule has 1 aliphatic heterocycles. The Morgan fingerprint density at radius 3 is 2.84 bits per heavy atom. The highest BCUT2D eigenvalue weighted by atomic mass is 32.2. The normalized spacial score (nSPS) is 14.0. The first kappa shape index (κ1) is 17.5. The predicted molar refractivity (Wildman–Crippen MR) is 97.6 cm³/mol. The van der Waals surface area contributed by atoms with Crippen LogP contribution < -0.4 is 15.6 Å². The lowest BCUT2D eigenvalue weighted by Gasteiger charge is -2.17. The van der Waals surface area contributed by atoms with E-state index in [-0.39, 0.29) is 17.2 Å². The quantitative estimate of drug-likeness (QED) is 0.828. The molecule has 3 rings (SSSR count). The fraction of sp³-hybridized carbons (Fsp3) is 0.389. The molecule has 0 bridgehead atoms. The Hall–Kier alpha value is -2.28. The lowest BCUT2D eigenvalue weighted by Crippen LogP contribution is -2.40. The first-order chi connectivity index (χ1) is 12.0. The van der Waals surface area contributed by atoms with Crippen molar-refractivity contribution >= 4 is 17.7 Å². The molecule has 132 valence electrons. The largest absolute Gasteiger partial charge is 0.491 e. The second-order valence-electron chi connectivity index (χ2n) is 6.17. The number of nitrogens with one attached hydrogen (secondary N) is 1.